The predicted molar refractivity (Wildman–Crippen MR) is 74.4 cm³/mol. The number of carbonyl (C=O) groups is 1. The predicted octanol–water partition coefficient (Wildman–Crippen LogP) is 2.07. The van der Waals surface area contributed by atoms with E-state index in [1.54, 1.807) is 0 Å². The molecule has 1 aromatic heterocycles. The first-order valence-electron chi connectivity index (χ1n) is 5.76. The van der Waals surface area contributed by atoms with Gasteiger partial charge in [-0.25, -0.2) is 4.98 Å². The molecule has 2 rings (SSSR count). The van der Waals surface area contributed by atoms with Gasteiger partial charge in [-0.15, -0.1) is 11.3 Å². The average molecular weight is 261 g/mol. The zero-order valence-electron chi connectivity index (χ0n) is 10.1. The first-order chi connectivity index (χ1) is 8.69. The first kappa shape index (κ1) is 12.6. The highest BCUT2D eigenvalue weighted by atomic mass is 32.1. The third kappa shape index (κ3) is 3.07. The largest absolute Gasteiger partial charge is 0.399 e. The molecule has 0 bridgehead atoms. The number of hydrogen-bond donors (Lipinski definition) is 2. The SMILES string of the molecule is CCNC(=O)Cc1csc(-c2ccc(N)cc2)n1. The van der Waals surface area contributed by atoms with E-state index in [4.69, 9.17) is 5.73 Å². The van der Waals surface area contributed by atoms with Crippen LogP contribution in [0.5, 0.6) is 0 Å². The molecule has 0 atom stereocenters. The summed E-state index contributed by atoms with van der Waals surface area (Å²) in [6, 6.07) is 7.56. The van der Waals surface area contributed by atoms with E-state index >= 15 is 0 Å². The topological polar surface area (TPSA) is 68.0 Å². The Morgan fingerprint density at radius 1 is 1.39 bits per heavy atom. The van der Waals surface area contributed by atoms with Gasteiger partial charge in [0.05, 0.1) is 12.1 Å². The van der Waals surface area contributed by atoms with E-state index < -0.39 is 0 Å². The fourth-order valence-corrected chi connectivity index (χ4v) is 2.40. The minimum absolute atomic E-state index is 0.00616. The molecule has 0 saturated heterocycles. The van der Waals surface area contributed by atoms with E-state index in [2.05, 4.69) is 10.3 Å². The molecular weight excluding hydrogens is 246 g/mol. The molecule has 0 spiro atoms. The molecule has 18 heavy (non-hydrogen) atoms. The molecule has 94 valence electrons. The highest BCUT2D eigenvalue weighted by Gasteiger charge is 2.08. The van der Waals surface area contributed by atoms with E-state index in [1.807, 2.05) is 36.6 Å². The summed E-state index contributed by atoms with van der Waals surface area (Å²) in [6.07, 6.45) is 0.333. The lowest BCUT2D eigenvalue weighted by molar-refractivity contribution is -0.120. The number of carbonyl (C=O) groups excluding carboxylic acids is 1. The second-order valence-corrected chi connectivity index (χ2v) is 4.75. The Labute approximate surface area is 110 Å². The van der Waals surface area contributed by atoms with Crippen molar-refractivity contribution in [2.45, 2.75) is 13.3 Å². The summed E-state index contributed by atoms with van der Waals surface area (Å²) in [6.45, 7) is 2.55. The van der Waals surface area contributed by atoms with Crippen molar-refractivity contribution in [2.75, 3.05) is 12.3 Å². The lowest BCUT2D eigenvalue weighted by Crippen LogP contribution is -2.24. The summed E-state index contributed by atoms with van der Waals surface area (Å²) in [7, 11) is 0. The lowest BCUT2D eigenvalue weighted by Gasteiger charge is -1.99. The van der Waals surface area contributed by atoms with E-state index in [1.165, 1.54) is 11.3 Å². The standard InChI is InChI=1S/C13H15N3OS/c1-2-15-12(17)7-11-8-18-13(16-11)9-3-5-10(14)6-4-9/h3-6,8H,2,7,14H2,1H3,(H,15,17). The van der Waals surface area contributed by atoms with Crippen LogP contribution in [-0.4, -0.2) is 17.4 Å². The van der Waals surface area contributed by atoms with Gasteiger partial charge >= 0.3 is 0 Å². The van der Waals surface area contributed by atoms with E-state index in [0.717, 1.165) is 22.0 Å². The molecule has 0 fully saturated rings. The molecule has 5 heteroatoms. The normalized spacial score (nSPS) is 10.3. The Kier molecular flexibility index (Phi) is 3.94. The van der Waals surface area contributed by atoms with Gasteiger partial charge in [0.2, 0.25) is 5.91 Å². The van der Waals surface area contributed by atoms with Crippen LogP contribution in [0.1, 0.15) is 12.6 Å². The molecule has 0 aliphatic carbocycles. The molecule has 4 nitrogen and oxygen atoms in total. The van der Waals surface area contributed by atoms with Crippen LogP contribution in [-0.2, 0) is 11.2 Å². The number of nitrogen functional groups attached to an aromatic ring is 1. The number of thiazole rings is 1. The molecule has 2 aromatic rings. The summed E-state index contributed by atoms with van der Waals surface area (Å²) in [4.78, 5) is 15.9. The minimum Gasteiger partial charge on any atom is -0.399 e. The number of anilines is 1. The Morgan fingerprint density at radius 2 is 2.11 bits per heavy atom. The van der Waals surface area contributed by atoms with Gasteiger partial charge in [0.15, 0.2) is 0 Å². The van der Waals surface area contributed by atoms with E-state index in [0.29, 0.717) is 13.0 Å². The molecule has 0 unspecified atom stereocenters. The van der Waals surface area contributed by atoms with Crippen molar-refractivity contribution in [2.24, 2.45) is 0 Å². The number of amides is 1. The van der Waals surface area contributed by atoms with Crippen LogP contribution < -0.4 is 11.1 Å². The van der Waals surface area contributed by atoms with Crippen LogP contribution >= 0.6 is 11.3 Å². The quantitative estimate of drug-likeness (QED) is 0.828. The molecule has 0 saturated carbocycles. The molecule has 0 aliphatic rings. The van der Waals surface area contributed by atoms with Gasteiger partial charge in [-0.3, -0.25) is 4.79 Å². The first-order valence-corrected chi connectivity index (χ1v) is 6.64. The van der Waals surface area contributed by atoms with E-state index in [9.17, 15) is 4.79 Å². The van der Waals surface area contributed by atoms with Crippen molar-refractivity contribution in [1.29, 1.82) is 0 Å². The molecular formula is C13H15N3OS. The molecule has 0 radical (unpaired) electrons. The number of benzene rings is 1. The molecule has 1 amide bonds. The van der Waals surface area contributed by atoms with Crippen LogP contribution in [0.4, 0.5) is 5.69 Å². The summed E-state index contributed by atoms with van der Waals surface area (Å²) in [5.41, 5.74) is 8.20. The van der Waals surface area contributed by atoms with Crippen LogP contribution in [0.3, 0.4) is 0 Å². The third-order valence-corrected chi connectivity index (χ3v) is 3.37. The zero-order valence-corrected chi connectivity index (χ0v) is 11.0. The fourth-order valence-electron chi connectivity index (χ4n) is 1.57. The van der Waals surface area contributed by atoms with E-state index in [-0.39, 0.29) is 5.91 Å². The molecule has 1 heterocycles. The maximum atomic E-state index is 11.4. The summed E-state index contributed by atoms with van der Waals surface area (Å²) < 4.78 is 0. The maximum Gasteiger partial charge on any atom is 0.226 e. The van der Waals surface area contributed by atoms with Gasteiger partial charge in [-0.05, 0) is 31.2 Å². The second-order valence-electron chi connectivity index (χ2n) is 3.90. The molecule has 1 aromatic carbocycles. The number of likely N-dealkylation sites (N-methyl/N-ethyl adjacent to an activating group) is 1. The number of hydrogen-bond acceptors (Lipinski definition) is 4. The average Bonchev–Trinajstić information content (AvgIpc) is 2.78. The number of nitrogens with two attached hydrogens (primary N) is 1. The van der Waals surface area contributed by atoms with Crippen molar-refractivity contribution < 1.29 is 4.79 Å². The van der Waals surface area contributed by atoms with Crippen LogP contribution in [0.25, 0.3) is 10.6 Å². The van der Waals surface area contributed by atoms with Gasteiger partial charge < -0.3 is 11.1 Å². The van der Waals surface area contributed by atoms with Crippen LogP contribution in [0.15, 0.2) is 29.6 Å². The molecule has 0 aliphatic heterocycles. The number of rotatable bonds is 4. The fraction of sp³-hybridized carbons (Fsp3) is 0.231. The smallest absolute Gasteiger partial charge is 0.226 e. The van der Waals surface area contributed by atoms with Crippen molar-refractivity contribution in [3.05, 3.63) is 35.3 Å². The highest BCUT2D eigenvalue weighted by molar-refractivity contribution is 7.13. The lowest BCUT2D eigenvalue weighted by atomic mass is 10.2. The Bertz CT molecular complexity index is 533. The summed E-state index contributed by atoms with van der Waals surface area (Å²) >= 11 is 1.54. The minimum atomic E-state index is 0.00616. The monoisotopic (exact) mass is 261 g/mol. The second kappa shape index (κ2) is 5.64. The van der Waals surface area contributed by atoms with Crippen molar-refractivity contribution >= 4 is 22.9 Å². The van der Waals surface area contributed by atoms with Gasteiger partial charge in [-0.2, -0.15) is 0 Å². The third-order valence-electron chi connectivity index (χ3n) is 2.43. The van der Waals surface area contributed by atoms with Crippen LogP contribution in [0.2, 0.25) is 0 Å². The number of nitrogens with one attached hydrogen (secondary N) is 1. The zero-order chi connectivity index (χ0) is 13.0. The Hall–Kier alpha value is -1.88. The maximum absolute atomic E-state index is 11.4. The summed E-state index contributed by atoms with van der Waals surface area (Å²) in [5, 5.41) is 5.59. The van der Waals surface area contributed by atoms with Crippen LogP contribution in [0, 0.1) is 0 Å². The van der Waals surface area contributed by atoms with Crippen molar-refractivity contribution in [3.8, 4) is 10.6 Å². The highest BCUT2D eigenvalue weighted by Crippen LogP contribution is 2.24. The Balaban J connectivity index is 2.10. The Morgan fingerprint density at radius 3 is 2.78 bits per heavy atom. The molecule has 3 N–H and O–H groups in total. The summed E-state index contributed by atoms with van der Waals surface area (Å²) in [5.74, 6) is 0.00616. The number of nitrogens with zero attached hydrogens (tertiary/aromatic N) is 1. The van der Waals surface area contributed by atoms with Gasteiger partial charge in [0.25, 0.3) is 0 Å². The van der Waals surface area contributed by atoms with Gasteiger partial charge in [-0.1, -0.05) is 0 Å². The van der Waals surface area contributed by atoms with Crippen molar-refractivity contribution in [1.82, 2.24) is 10.3 Å². The van der Waals surface area contributed by atoms with Crippen molar-refractivity contribution in [3.63, 3.8) is 0 Å². The van der Waals surface area contributed by atoms with Gasteiger partial charge in [0, 0.05) is 23.2 Å². The van der Waals surface area contributed by atoms with Gasteiger partial charge in [0.1, 0.15) is 5.01 Å². The number of aromatic nitrogens is 1.